The number of ether oxygens (including phenoxy) is 1. The van der Waals surface area contributed by atoms with Gasteiger partial charge >= 0.3 is 5.97 Å². The first-order valence-electron chi connectivity index (χ1n) is 7.76. The summed E-state index contributed by atoms with van der Waals surface area (Å²) in [6.45, 7) is 12.2. The molecular weight excluding hydrogens is 276 g/mol. The third-order valence-electron chi connectivity index (χ3n) is 3.45. The molecule has 0 spiro atoms. The van der Waals surface area contributed by atoms with E-state index in [1.165, 1.54) is 0 Å². The molecule has 0 fully saturated rings. The Morgan fingerprint density at radius 2 is 1.64 bits per heavy atom. The maximum atomic E-state index is 11.9. The van der Waals surface area contributed by atoms with Crippen molar-refractivity contribution in [2.45, 2.75) is 54.4 Å². The molecule has 1 N–H and O–H groups in total. The molecule has 0 aliphatic heterocycles. The molecule has 0 aliphatic rings. The van der Waals surface area contributed by atoms with E-state index >= 15 is 0 Å². The van der Waals surface area contributed by atoms with Crippen LogP contribution in [0.4, 0.5) is 0 Å². The summed E-state index contributed by atoms with van der Waals surface area (Å²) in [6.07, 6.45) is 1.31. The molecule has 3 nitrogen and oxygen atoms in total. The van der Waals surface area contributed by atoms with Gasteiger partial charge in [-0.05, 0) is 24.0 Å². The number of aliphatic carboxylic acids is 1. The van der Waals surface area contributed by atoms with Gasteiger partial charge in [0.05, 0.1) is 5.57 Å². The molecule has 0 aromatic heterocycles. The van der Waals surface area contributed by atoms with E-state index < -0.39 is 11.4 Å². The van der Waals surface area contributed by atoms with Crippen molar-refractivity contribution in [3.05, 3.63) is 41.7 Å². The lowest BCUT2D eigenvalue weighted by atomic mass is 9.71. The highest BCUT2D eigenvalue weighted by molar-refractivity contribution is 5.88. The first kappa shape index (κ1) is 18.3. The molecule has 0 unspecified atom stereocenters. The Labute approximate surface area is 134 Å². The van der Waals surface area contributed by atoms with Gasteiger partial charge < -0.3 is 9.84 Å². The van der Waals surface area contributed by atoms with Gasteiger partial charge in [0.25, 0.3) is 0 Å². The predicted octanol–water partition coefficient (Wildman–Crippen LogP) is 5.28. The number of rotatable bonds is 6. The van der Waals surface area contributed by atoms with Gasteiger partial charge in [0.15, 0.2) is 0 Å². The second kappa shape index (κ2) is 6.99. The van der Waals surface area contributed by atoms with Crippen molar-refractivity contribution in [2.24, 2.45) is 10.8 Å². The van der Waals surface area contributed by atoms with Crippen LogP contribution < -0.4 is 4.74 Å². The smallest absolute Gasteiger partial charge is 0.335 e. The molecule has 0 atom stereocenters. The summed E-state index contributed by atoms with van der Waals surface area (Å²) in [6, 6.07) is 9.34. The van der Waals surface area contributed by atoms with E-state index in [0.29, 0.717) is 23.5 Å². The Morgan fingerprint density at radius 3 is 2.05 bits per heavy atom. The molecule has 0 saturated carbocycles. The van der Waals surface area contributed by atoms with E-state index in [-0.39, 0.29) is 5.41 Å². The van der Waals surface area contributed by atoms with E-state index in [1.807, 2.05) is 51.1 Å². The predicted molar refractivity (Wildman–Crippen MR) is 89.9 cm³/mol. The molecular formula is C19H28O3. The average Bonchev–Trinajstić information content (AvgIpc) is 2.35. The van der Waals surface area contributed by atoms with E-state index in [1.54, 1.807) is 0 Å². The second-order valence-electron chi connectivity index (χ2n) is 7.49. The molecule has 3 heteroatoms. The number of carboxylic acid groups (broad SMARTS) is 1. The van der Waals surface area contributed by atoms with Crippen LogP contribution in [-0.4, -0.2) is 11.1 Å². The molecule has 122 valence electrons. The monoisotopic (exact) mass is 304 g/mol. The van der Waals surface area contributed by atoms with Gasteiger partial charge in [0, 0.05) is 11.8 Å². The summed E-state index contributed by atoms with van der Waals surface area (Å²) in [7, 11) is 0. The summed E-state index contributed by atoms with van der Waals surface area (Å²) >= 11 is 0. The molecule has 0 aliphatic carbocycles. The van der Waals surface area contributed by atoms with Crippen molar-refractivity contribution in [1.29, 1.82) is 0 Å². The zero-order valence-electron chi connectivity index (χ0n) is 14.6. The average molecular weight is 304 g/mol. The SMILES string of the molecule is CC/C(Oc1ccccc1)=C(/C(=O)O)C(C)(C)CC(C)(C)C. The fourth-order valence-corrected chi connectivity index (χ4v) is 3.13. The number of para-hydroxylation sites is 1. The van der Waals surface area contributed by atoms with Crippen molar-refractivity contribution < 1.29 is 14.6 Å². The zero-order valence-corrected chi connectivity index (χ0v) is 14.6. The number of carbonyl (C=O) groups is 1. The van der Waals surface area contributed by atoms with Gasteiger partial charge in [-0.2, -0.15) is 0 Å². The van der Waals surface area contributed by atoms with E-state index in [9.17, 15) is 9.90 Å². The molecule has 1 aromatic rings. The van der Waals surface area contributed by atoms with Crippen molar-refractivity contribution in [2.75, 3.05) is 0 Å². The maximum Gasteiger partial charge on any atom is 0.335 e. The van der Waals surface area contributed by atoms with Gasteiger partial charge in [-0.25, -0.2) is 4.79 Å². The third kappa shape index (κ3) is 5.21. The first-order valence-corrected chi connectivity index (χ1v) is 7.76. The van der Waals surface area contributed by atoms with Crippen LogP contribution in [0.25, 0.3) is 0 Å². The Kier molecular flexibility index (Phi) is 5.81. The van der Waals surface area contributed by atoms with Gasteiger partial charge in [0.1, 0.15) is 11.5 Å². The van der Waals surface area contributed by atoms with Gasteiger partial charge in [-0.15, -0.1) is 0 Å². The van der Waals surface area contributed by atoms with E-state index in [4.69, 9.17) is 4.74 Å². The number of carboxylic acids is 1. The topological polar surface area (TPSA) is 46.5 Å². The minimum absolute atomic E-state index is 0.0375. The minimum Gasteiger partial charge on any atom is -0.478 e. The van der Waals surface area contributed by atoms with Crippen LogP contribution in [0, 0.1) is 10.8 Å². The number of benzene rings is 1. The highest BCUT2D eigenvalue weighted by atomic mass is 16.5. The van der Waals surface area contributed by atoms with Crippen LogP contribution in [0.5, 0.6) is 5.75 Å². The van der Waals surface area contributed by atoms with Crippen LogP contribution >= 0.6 is 0 Å². The van der Waals surface area contributed by atoms with Crippen molar-refractivity contribution in [1.82, 2.24) is 0 Å². The Morgan fingerprint density at radius 1 is 1.09 bits per heavy atom. The van der Waals surface area contributed by atoms with Crippen LogP contribution in [0.1, 0.15) is 54.4 Å². The summed E-state index contributed by atoms with van der Waals surface area (Å²) < 4.78 is 5.89. The summed E-state index contributed by atoms with van der Waals surface area (Å²) in [4.78, 5) is 11.9. The molecule has 1 rings (SSSR count). The van der Waals surface area contributed by atoms with Crippen LogP contribution in [0.2, 0.25) is 0 Å². The lowest BCUT2D eigenvalue weighted by Gasteiger charge is -2.34. The maximum absolute atomic E-state index is 11.9. The molecule has 1 aromatic carbocycles. The van der Waals surface area contributed by atoms with E-state index in [2.05, 4.69) is 20.8 Å². The first-order chi connectivity index (χ1) is 10.1. The molecule has 22 heavy (non-hydrogen) atoms. The van der Waals surface area contributed by atoms with Crippen LogP contribution in [-0.2, 0) is 4.79 Å². The van der Waals surface area contributed by atoms with E-state index in [0.717, 1.165) is 6.42 Å². The normalized spacial score (nSPS) is 13.5. The zero-order chi connectivity index (χ0) is 17.0. The van der Waals surface area contributed by atoms with Gasteiger partial charge in [-0.3, -0.25) is 0 Å². The molecule has 0 radical (unpaired) electrons. The Balaban J connectivity index is 3.26. The summed E-state index contributed by atoms with van der Waals surface area (Å²) in [5, 5.41) is 9.75. The summed E-state index contributed by atoms with van der Waals surface area (Å²) in [5.41, 5.74) is -0.0613. The van der Waals surface area contributed by atoms with Crippen molar-refractivity contribution >= 4 is 5.97 Å². The standard InChI is InChI=1S/C19H28O3/c1-7-15(22-14-11-9-8-10-12-14)16(17(20)21)19(5,6)13-18(2,3)4/h8-12H,7,13H2,1-6H3,(H,20,21)/b16-15+. The van der Waals surface area contributed by atoms with Gasteiger partial charge in [-0.1, -0.05) is 59.7 Å². The quantitative estimate of drug-likeness (QED) is 0.574. The Hall–Kier alpha value is -1.77. The van der Waals surface area contributed by atoms with Crippen LogP contribution in [0.15, 0.2) is 41.7 Å². The molecule has 0 amide bonds. The lowest BCUT2D eigenvalue weighted by Crippen LogP contribution is -2.29. The Bertz CT molecular complexity index is 534. The number of allylic oxidation sites excluding steroid dienone is 1. The van der Waals surface area contributed by atoms with Gasteiger partial charge in [0.2, 0.25) is 0 Å². The largest absolute Gasteiger partial charge is 0.478 e. The number of hydrogen-bond acceptors (Lipinski definition) is 2. The second-order valence-corrected chi connectivity index (χ2v) is 7.49. The third-order valence-corrected chi connectivity index (χ3v) is 3.45. The molecule has 0 bridgehead atoms. The highest BCUT2D eigenvalue weighted by Gasteiger charge is 2.36. The fraction of sp³-hybridized carbons (Fsp3) is 0.526. The van der Waals surface area contributed by atoms with Crippen LogP contribution in [0.3, 0.4) is 0 Å². The lowest BCUT2D eigenvalue weighted by molar-refractivity contribution is -0.134. The van der Waals surface area contributed by atoms with Crippen molar-refractivity contribution in [3.8, 4) is 5.75 Å². The molecule has 0 heterocycles. The molecule has 0 saturated heterocycles. The van der Waals surface area contributed by atoms with Crippen molar-refractivity contribution in [3.63, 3.8) is 0 Å². The summed E-state index contributed by atoms with van der Waals surface area (Å²) in [5.74, 6) is 0.305. The highest BCUT2D eigenvalue weighted by Crippen LogP contribution is 2.41. The minimum atomic E-state index is -0.901. The fourth-order valence-electron chi connectivity index (χ4n) is 3.13. The number of hydrogen-bond donors (Lipinski definition) is 1.